The van der Waals surface area contributed by atoms with Gasteiger partial charge in [0.15, 0.2) is 5.82 Å². The maximum Gasteiger partial charge on any atom is 0.435 e. The zero-order valence-corrected chi connectivity index (χ0v) is 28.5. The van der Waals surface area contributed by atoms with Gasteiger partial charge in [0.2, 0.25) is 9.84 Å². The summed E-state index contributed by atoms with van der Waals surface area (Å²) in [7, 11) is -0.913. The molecule has 2 aliphatic rings. The van der Waals surface area contributed by atoms with Gasteiger partial charge in [-0.05, 0) is 68.4 Å². The van der Waals surface area contributed by atoms with Crippen LogP contribution in [0.25, 0.3) is 10.9 Å². The summed E-state index contributed by atoms with van der Waals surface area (Å²) in [4.78, 5) is 30.7. The average Bonchev–Trinajstić information content (AvgIpc) is 3.46. The number of ether oxygens (including phenoxy) is 3. The summed E-state index contributed by atoms with van der Waals surface area (Å²) < 4.78 is 71.6. The highest BCUT2D eigenvalue weighted by Gasteiger charge is 2.26. The van der Waals surface area contributed by atoms with E-state index in [9.17, 15) is 26.8 Å². The number of carbonyl (C=O) groups excluding carboxylic acids is 2. The Balaban J connectivity index is 1.38. The van der Waals surface area contributed by atoms with E-state index < -0.39 is 38.4 Å². The van der Waals surface area contributed by atoms with Gasteiger partial charge in [-0.25, -0.2) is 22.0 Å². The lowest BCUT2D eigenvalue weighted by molar-refractivity contribution is 0.0904. The lowest BCUT2D eigenvalue weighted by Crippen LogP contribution is -2.44. The first-order chi connectivity index (χ1) is 24.0. The molecule has 0 saturated carbocycles. The molecule has 0 aliphatic carbocycles. The maximum absolute atomic E-state index is 14.0. The van der Waals surface area contributed by atoms with Gasteiger partial charge in [0.05, 0.1) is 27.5 Å². The number of nitrogens with one attached hydrogen (secondary N) is 2. The van der Waals surface area contributed by atoms with Crippen LogP contribution in [0.2, 0.25) is 0 Å². The van der Waals surface area contributed by atoms with Crippen LogP contribution in [0, 0.1) is 11.6 Å². The predicted molar refractivity (Wildman–Crippen MR) is 182 cm³/mol. The van der Waals surface area contributed by atoms with Crippen LogP contribution < -0.4 is 15.5 Å². The number of fused-ring (bicyclic) bond motifs is 1. The number of aromatic nitrogens is 2. The molecule has 13 nitrogen and oxygen atoms in total. The molecule has 3 heterocycles. The van der Waals surface area contributed by atoms with Crippen LogP contribution in [0.4, 0.5) is 30.8 Å². The second kappa shape index (κ2) is 15.1. The van der Waals surface area contributed by atoms with Crippen LogP contribution in [0.3, 0.4) is 0 Å². The highest BCUT2D eigenvalue weighted by atomic mass is 32.2. The molecule has 3 aromatic carbocycles. The number of halogens is 2. The zero-order valence-electron chi connectivity index (χ0n) is 27.7. The third kappa shape index (κ3) is 7.72. The second-order valence-electron chi connectivity index (χ2n) is 12.2. The van der Waals surface area contributed by atoms with Crippen molar-refractivity contribution in [3.63, 3.8) is 0 Å². The molecule has 0 radical (unpaired) electrons. The molecule has 6 rings (SSSR count). The summed E-state index contributed by atoms with van der Waals surface area (Å²) >= 11 is 0. The Hall–Kier alpha value is -4.64. The van der Waals surface area contributed by atoms with Gasteiger partial charge in [0.25, 0.3) is 5.91 Å². The van der Waals surface area contributed by atoms with E-state index in [2.05, 4.69) is 32.6 Å². The highest BCUT2D eigenvalue weighted by Crippen LogP contribution is 2.32. The standard InChI is InChI=1S/C34H38F2N6O7S/c1-40-9-11-41(12-10-40)25-3-5-28(30(20-25)37-24-7-13-48-14-8-24)33(43)38-32-29-21-26(50(45,46)27-18-22(35)17-23(36)19-27)4-6-31(29)42(39-32)34(44)49-16-15-47-2/h3-6,17-21,24,37H,7-16H2,1-2H3,(H,38,39,43). The van der Waals surface area contributed by atoms with Crippen LogP contribution in [0.15, 0.2) is 64.4 Å². The van der Waals surface area contributed by atoms with Crippen molar-refractivity contribution < 1.29 is 41.0 Å². The van der Waals surface area contributed by atoms with Gasteiger partial charge in [-0.1, -0.05) is 0 Å². The van der Waals surface area contributed by atoms with Crippen molar-refractivity contribution in [2.24, 2.45) is 0 Å². The minimum atomic E-state index is -4.43. The van der Waals surface area contributed by atoms with Gasteiger partial charge >= 0.3 is 6.09 Å². The quantitative estimate of drug-likeness (QED) is 0.226. The summed E-state index contributed by atoms with van der Waals surface area (Å²) in [6.45, 7) is 4.68. The number of hydrogen-bond acceptors (Lipinski definition) is 11. The van der Waals surface area contributed by atoms with Crippen LogP contribution in [-0.2, 0) is 24.0 Å². The number of anilines is 3. The molecule has 50 heavy (non-hydrogen) atoms. The lowest BCUT2D eigenvalue weighted by atomic mass is 10.1. The molecular weight excluding hydrogens is 674 g/mol. The summed E-state index contributed by atoms with van der Waals surface area (Å²) in [5.74, 6) is -2.82. The van der Waals surface area contributed by atoms with Gasteiger partial charge in [0, 0.05) is 75.4 Å². The Kier molecular flexibility index (Phi) is 10.6. The van der Waals surface area contributed by atoms with E-state index in [1.54, 1.807) is 6.07 Å². The summed E-state index contributed by atoms with van der Waals surface area (Å²) in [6, 6.07) is 11.3. The summed E-state index contributed by atoms with van der Waals surface area (Å²) in [5.41, 5.74) is 1.99. The minimum Gasteiger partial charge on any atom is -0.445 e. The third-order valence-electron chi connectivity index (χ3n) is 8.72. The molecule has 0 atom stereocenters. The van der Waals surface area contributed by atoms with Crippen LogP contribution in [0.5, 0.6) is 0 Å². The van der Waals surface area contributed by atoms with Crippen LogP contribution in [0.1, 0.15) is 23.2 Å². The van der Waals surface area contributed by atoms with Gasteiger partial charge in [0.1, 0.15) is 18.2 Å². The van der Waals surface area contributed by atoms with Gasteiger partial charge < -0.3 is 34.6 Å². The molecule has 0 bridgehead atoms. The number of methoxy groups -OCH3 is 1. The predicted octanol–water partition coefficient (Wildman–Crippen LogP) is 4.37. The molecule has 1 amide bonds. The number of carbonyl (C=O) groups is 2. The lowest BCUT2D eigenvalue weighted by Gasteiger charge is -2.34. The SMILES string of the molecule is COCCOC(=O)n1nc(NC(=O)c2ccc(N3CCN(C)CC3)cc2NC2CCOCC2)c2cc(S(=O)(=O)c3cc(F)cc(F)c3)ccc21. The number of nitrogens with zero attached hydrogens (tertiary/aromatic N) is 4. The molecule has 16 heteroatoms. The van der Waals surface area contributed by atoms with Crippen molar-refractivity contribution in [2.75, 3.05) is 82.3 Å². The molecule has 266 valence electrons. The van der Waals surface area contributed by atoms with Gasteiger partial charge in [-0.15, -0.1) is 5.10 Å². The Morgan fingerprint density at radius 2 is 1.66 bits per heavy atom. The molecule has 1 aromatic heterocycles. The normalized spacial score (nSPS) is 16.0. The van der Waals surface area contributed by atoms with E-state index in [0.717, 1.165) is 49.4 Å². The monoisotopic (exact) mass is 712 g/mol. The maximum atomic E-state index is 14.0. The fourth-order valence-electron chi connectivity index (χ4n) is 5.94. The number of sulfone groups is 1. The van der Waals surface area contributed by atoms with Crippen molar-refractivity contribution in [1.29, 1.82) is 0 Å². The molecule has 2 saturated heterocycles. The summed E-state index contributed by atoms with van der Waals surface area (Å²) in [5, 5.41) is 10.7. The largest absolute Gasteiger partial charge is 0.445 e. The highest BCUT2D eigenvalue weighted by molar-refractivity contribution is 7.91. The number of rotatable bonds is 10. The van der Waals surface area contributed by atoms with E-state index in [0.29, 0.717) is 42.7 Å². The molecule has 2 fully saturated rings. The van der Waals surface area contributed by atoms with Crippen molar-refractivity contribution >= 4 is 49.9 Å². The Bertz CT molecular complexity index is 1970. The van der Waals surface area contributed by atoms with Crippen molar-refractivity contribution in [3.05, 3.63) is 71.8 Å². The first-order valence-corrected chi connectivity index (χ1v) is 17.6. The van der Waals surface area contributed by atoms with Crippen molar-refractivity contribution in [2.45, 2.75) is 28.7 Å². The first-order valence-electron chi connectivity index (χ1n) is 16.2. The van der Waals surface area contributed by atoms with Crippen LogP contribution >= 0.6 is 0 Å². The van der Waals surface area contributed by atoms with E-state index in [4.69, 9.17) is 14.2 Å². The molecule has 4 aromatic rings. The van der Waals surface area contributed by atoms with Gasteiger partial charge in [-0.2, -0.15) is 4.68 Å². The number of piperazine rings is 1. The van der Waals surface area contributed by atoms with E-state index in [1.807, 2.05) is 12.1 Å². The molecule has 2 aliphatic heterocycles. The molecule has 2 N–H and O–H groups in total. The summed E-state index contributed by atoms with van der Waals surface area (Å²) in [6.07, 6.45) is 0.618. The second-order valence-corrected chi connectivity index (χ2v) is 14.1. The Morgan fingerprint density at radius 1 is 0.940 bits per heavy atom. The Labute approximate surface area is 288 Å². The van der Waals surface area contributed by atoms with Gasteiger partial charge in [-0.3, -0.25) is 4.79 Å². The molecular formula is C34H38F2N6O7S. The first kappa shape index (κ1) is 35.2. The van der Waals surface area contributed by atoms with E-state index in [1.165, 1.54) is 25.3 Å². The van der Waals surface area contributed by atoms with Crippen molar-refractivity contribution in [3.8, 4) is 0 Å². The number of amides is 1. The fraction of sp³-hybridized carbons (Fsp3) is 0.382. The molecule has 0 spiro atoms. The third-order valence-corrected chi connectivity index (χ3v) is 10.5. The number of hydrogen-bond donors (Lipinski definition) is 2. The smallest absolute Gasteiger partial charge is 0.435 e. The topological polar surface area (TPSA) is 144 Å². The minimum absolute atomic E-state index is 0.0698. The number of benzene rings is 3. The van der Waals surface area contributed by atoms with Crippen LogP contribution in [-0.4, -0.2) is 108 Å². The van der Waals surface area contributed by atoms with E-state index in [-0.39, 0.29) is 40.9 Å². The Morgan fingerprint density at radius 3 is 2.36 bits per heavy atom. The fourth-order valence-corrected chi connectivity index (χ4v) is 7.26. The number of likely N-dealkylation sites (N-methyl/N-ethyl adjacent to an activating group) is 1. The van der Waals surface area contributed by atoms with Crippen molar-refractivity contribution in [1.82, 2.24) is 14.7 Å². The van der Waals surface area contributed by atoms with E-state index >= 15 is 0 Å². The zero-order chi connectivity index (χ0) is 35.4. The molecule has 0 unspecified atom stereocenters. The average molecular weight is 713 g/mol.